The number of ether oxygens (including phenoxy) is 3. The largest absolute Gasteiger partial charge is 0.508 e. The Morgan fingerprint density at radius 2 is 1.62 bits per heavy atom. The molecule has 6 N–H and O–H groups in total. The summed E-state index contributed by atoms with van der Waals surface area (Å²) in [6.45, 7) is 0. The SMILES string of the molecule is COC(=O)[C@H]1O[C@@H](Oc2c(-c3ccc(O)cc3)oc3cc(O)cc(O)c3c2=O)[C@H](O)[C@@H](O)[C@@H]1O. The number of aromatic hydroxyl groups is 3. The zero-order valence-electron chi connectivity index (χ0n) is 17.5. The lowest BCUT2D eigenvalue weighted by molar-refractivity contribution is -0.272. The average Bonchev–Trinajstić information content (AvgIpc) is 2.80. The van der Waals surface area contributed by atoms with Crippen LogP contribution in [0.4, 0.5) is 0 Å². The number of hydrogen-bond donors (Lipinski definition) is 6. The number of carbonyl (C=O) groups is 1. The van der Waals surface area contributed by atoms with Gasteiger partial charge in [0.25, 0.3) is 0 Å². The highest BCUT2D eigenvalue weighted by Gasteiger charge is 2.49. The highest BCUT2D eigenvalue weighted by molar-refractivity contribution is 5.88. The van der Waals surface area contributed by atoms with Crippen LogP contribution in [0.25, 0.3) is 22.3 Å². The van der Waals surface area contributed by atoms with Crippen LogP contribution in [0.3, 0.4) is 0 Å². The van der Waals surface area contributed by atoms with Crippen LogP contribution in [-0.4, -0.2) is 74.4 Å². The lowest BCUT2D eigenvalue weighted by Gasteiger charge is -2.38. The van der Waals surface area contributed by atoms with E-state index in [9.17, 15) is 40.2 Å². The van der Waals surface area contributed by atoms with Crippen LogP contribution in [0, 0.1) is 0 Å². The molecule has 0 unspecified atom stereocenters. The average molecular weight is 476 g/mol. The molecule has 0 spiro atoms. The zero-order chi connectivity index (χ0) is 24.7. The Morgan fingerprint density at radius 1 is 0.941 bits per heavy atom. The van der Waals surface area contributed by atoms with Crippen molar-refractivity contribution in [2.24, 2.45) is 0 Å². The number of phenols is 3. The van der Waals surface area contributed by atoms with Crippen molar-refractivity contribution >= 4 is 16.9 Å². The number of aliphatic hydroxyl groups is 3. The van der Waals surface area contributed by atoms with Gasteiger partial charge in [-0.2, -0.15) is 0 Å². The molecule has 12 nitrogen and oxygen atoms in total. The van der Waals surface area contributed by atoms with E-state index in [1.54, 1.807) is 0 Å². The van der Waals surface area contributed by atoms with E-state index >= 15 is 0 Å². The molecule has 12 heteroatoms. The Kier molecular flexibility index (Phi) is 6.06. The summed E-state index contributed by atoms with van der Waals surface area (Å²) >= 11 is 0. The molecule has 180 valence electrons. The number of fused-ring (bicyclic) bond motifs is 1. The summed E-state index contributed by atoms with van der Waals surface area (Å²) in [5.74, 6) is -3.00. The molecule has 0 saturated carbocycles. The fraction of sp³-hybridized carbons (Fsp3) is 0.273. The Morgan fingerprint density at radius 3 is 2.26 bits per heavy atom. The molecule has 2 aromatic carbocycles. The summed E-state index contributed by atoms with van der Waals surface area (Å²) in [7, 11) is 1.02. The van der Waals surface area contributed by atoms with Gasteiger partial charge in [0.05, 0.1) is 7.11 Å². The third-order valence-corrected chi connectivity index (χ3v) is 5.28. The summed E-state index contributed by atoms with van der Waals surface area (Å²) in [6, 6.07) is 7.34. The van der Waals surface area contributed by atoms with E-state index < -0.39 is 53.6 Å². The van der Waals surface area contributed by atoms with Gasteiger partial charge in [0.1, 0.15) is 46.5 Å². The fourth-order valence-corrected chi connectivity index (χ4v) is 3.55. The van der Waals surface area contributed by atoms with Crippen LogP contribution < -0.4 is 10.2 Å². The monoisotopic (exact) mass is 476 g/mol. The Balaban J connectivity index is 1.87. The number of aliphatic hydroxyl groups excluding tert-OH is 3. The van der Waals surface area contributed by atoms with E-state index in [2.05, 4.69) is 4.74 Å². The number of benzene rings is 2. The summed E-state index contributed by atoms with van der Waals surface area (Å²) in [5, 5.41) is 59.8. The summed E-state index contributed by atoms with van der Waals surface area (Å²) in [6.07, 6.45) is -9.26. The number of hydrogen-bond acceptors (Lipinski definition) is 12. The molecule has 0 radical (unpaired) electrons. The van der Waals surface area contributed by atoms with Crippen LogP contribution in [-0.2, 0) is 14.3 Å². The molecule has 0 aliphatic carbocycles. The summed E-state index contributed by atoms with van der Waals surface area (Å²) < 4.78 is 21.1. The maximum Gasteiger partial charge on any atom is 0.337 e. The summed E-state index contributed by atoms with van der Waals surface area (Å²) in [4.78, 5) is 25.3. The van der Waals surface area contributed by atoms with Crippen LogP contribution in [0.1, 0.15) is 0 Å². The van der Waals surface area contributed by atoms with Crippen LogP contribution >= 0.6 is 0 Å². The van der Waals surface area contributed by atoms with Crippen LogP contribution in [0.15, 0.2) is 45.6 Å². The Hall–Kier alpha value is -3.84. The summed E-state index contributed by atoms with van der Waals surface area (Å²) in [5.41, 5.74) is -0.927. The van der Waals surface area contributed by atoms with Crippen molar-refractivity contribution in [2.75, 3.05) is 7.11 Å². The first-order valence-electron chi connectivity index (χ1n) is 9.88. The number of esters is 1. The van der Waals surface area contributed by atoms with E-state index in [1.165, 1.54) is 24.3 Å². The van der Waals surface area contributed by atoms with E-state index in [4.69, 9.17) is 13.9 Å². The molecule has 1 fully saturated rings. The number of carbonyl (C=O) groups excluding carboxylic acids is 1. The number of rotatable bonds is 4. The normalized spacial score (nSPS) is 24.6. The van der Waals surface area contributed by atoms with Crippen LogP contribution in [0.5, 0.6) is 23.0 Å². The van der Waals surface area contributed by atoms with Gasteiger partial charge in [-0.15, -0.1) is 0 Å². The van der Waals surface area contributed by atoms with Gasteiger partial charge in [-0.1, -0.05) is 0 Å². The van der Waals surface area contributed by atoms with Crippen molar-refractivity contribution < 1.29 is 54.1 Å². The molecular formula is C22H20O12. The predicted molar refractivity (Wildman–Crippen MR) is 112 cm³/mol. The van der Waals surface area contributed by atoms with Crippen molar-refractivity contribution in [1.82, 2.24) is 0 Å². The van der Waals surface area contributed by atoms with Crippen molar-refractivity contribution in [3.8, 4) is 34.3 Å². The van der Waals surface area contributed by atoms with Gasteiger partial charge in [-0.05, 0) is 24.3 Å². The molecule has 2 heterocycles. The number of phenolic OH excluding ortho intramolecular Hbond substituents is 3. The Bertz CT molecular complexity index is 1280. The lowest BCUT2D eigenvalue weighted by Crippen LogP contribution is -2.61. The smallest absolute Gasteiger partial charge is 0.337 e. The Labute approximate surface area is 190 Å². The molecule has 3 aromatic rings. The molecular weight excluding hydrogens is 456 g/mol. The predicted octanol–water partition coefficient (Wildman–Crippen LogP) is -0.0638. The van der Waals surface area contributed by atoms with Crippen molar-refractivity contribution in [3.63, 3.8) is 0 Å². The highest BCUT2D eigenvalue weighted by Crippen LogP contribution is 2.37. The molecule has 34 heavy (non-hydrogen) atoms. The lowest BCUT2D eigenvalue weighted by atomic mass is 9.99. The second-order valence-electron chi connectivity index (χ2n) is 7.51. The quantitative estimate of drug-likeness (QED) is 0.275. The second-order valence-corrected chi connectivity index (χ2v) is 7.51. The zero-order valence-corrected chi connectivity index (χ0v) is 17.5. The molecule has 1 aliphatic heterocycles. The number of methoxy groups -OCH3 is 1. The molecule has 1 aliphatic rings. The second kappa shape index (κ2) is 8.83. The van der Waals surface area contributed by atoms with Gasteiger partial charge in [0.2, 0.25) is 17.5 Å². The molecule has 1 aromatic heterocycles. The molecule has 0 bridgehead atoms. The topological polar surface area (TPSA) is 196 Å². The van der Waals surface area contributed by atoms with E-state index in [0.29, 0.717) is 0 Å². The molecule has 5 atom stereocenters. The van der Waals surface area contributed by atoms with Crippen molar-refractivity contribution in [3.05, 3.63) is 46.6 Å². The first-order valence-corrected chi connectivity index (χ1v) is 9.88. The minimum absolute atomic E-state index is 0.0892. The standard InChI is InChI=1S/C22H20O12/c1-31-21(30)20-16(28)15(27)17(29)22(34-20)33-19-14(26)13-11(25)6-10(24)7-12(13)32-18(19)8-2-4-9(23)5-3-8/h2-7,15-17,20,22-25,27-29H,1H3/t15-,16-,17+,20-,22+/m0/s1. The van der Waals surface area contributed by atoms with Crippen LogP contribution in [0.2, 0.25) is 0 Å². The minimum Gasteiger partial charge on any atom is -0.508 e. The van der Waals surface area contributed by atoms with Gasteiger partial charge in [-0.25, -0.2) is 4.79 Å². The molecule has 0 amide bonds. The van der Waals surface area contributed by atoms with Crippen molar-refractivity contribution in [2.45, 2.75) is 30.7 Å². The van der Waals surface area contributed by atoms with E-state index in [1.807, 2.05) is 0 Å². The highest BCUT2D eigenvalue weighted by atomic mass is 16.7. The third-order valence-electron chi connectivity index (χ3n) is 5.28. The van der Waals surface area contributed by atoms with Crippen molar-refractivity contribution in [1.29, 1.82) is 0 Å². The van der Waals surface area contributed by atoms with E-state index in [0.717, 1.165) is 19.2 Å². The third kappa shape index (κ3) is 3.99. The first kappa shape index (κ1) is 23.3. The fourth-order valence-electron chi connectivity index (χ4n) is 3.55. The van der Waals surface area contributed by atoms with Gasteiger partial charge < -0.3 is 49.3 Å². The minimum atomic E-state index is -1.91. The maximum atomic E-state index is 13.3. The van der Waals surface area contributed by atoms with Gasteiger partial charge in [0, 0.05) is 17.7 Å². The molecule has 4 rings (SSSR count). The van der Waals surface area contributed by atoms with Gasteiger partial charge >= 0.3 is 5.97 Å². The van der Waals surface area contributed by atoms with E-state index in [-0.39, 0.29) is 33.8 Å². The molecule has 1 saturated heterocycles. The van der Waals surface area contributed by atoms with Gasteiger partial charge in [-0.3, -0.25) is 4.79 Å². The first-order chi connectivity index (χ1) is 16.1. The van der Waals surface area contributed by atoms with Gasteiger partial charge in [0.15, 0.2) is 11.9 Å². The maximum absolute atomic E-state index is 13.3.